The Morgan fingerprint density at radius 1 is 1.17 bits per heavy atom. The molecule has 0 radical (unpaired) electrons. The molecule has 0 bridgehead atoms. The van der Waals surface area contributed by atoms with Crippen LogP contribution in [0.3, 0.4) is 0 Å². The third-order valence-corrected chi connectivity index (χ3v) is 1.83. The van der Waals surface area contributed by atoms with Crippen LogP contribution in [0.5, 0.6) is 5.88 Å². The van der Waals surface area contributed by atoms with Gasteiger partial charge in [-0.3, -0.25) is 0 Å². The van der Waals surface area contributed by atoms with Gasteiger partial charge in [-0.1, -0.05) is 0 Å². The van der Waals surface area contributed by atoms with E-state index in [4.69, 9.17) is 11.5 Å². The molecule has 1 rings (SSSR count). The van der Waals surface area contributed by atoms with Gasteiger partial charge in [0.2, 0.25) is 5.88 Å². The molecule has 0 unspecified atom stereocenters. The van der Waals surface area contributed by atoms with Gasteiger partial charge in [0.05, 0.1) is 16.9 Å². The lowest BCUT2D eigenvalue weighted by Crippen LogP contribution is -2.21. The second-order valence-corrected chi connectivity index (χ2v) is 3.12. The average Bonchev–Trinajstić information content (AvgIpc) is 2.16. The summed E-state index contributed by atoms with van der Waals surface area (Å²) >= 11 is 0. The summed E-state index contributed by atoms with van der Waals surface area (Å²) in [5.41, 5.74) is 7.34. The molecule has 18 heavy (non-hydrogen) atoms. The van der Waals surface area contributed by atoms with Gasteiger partial charge in [-0.05, 0) is 0 Å². The molecule has 1 aromatic rings. The maximum Gasteiger partial charge on any atom is 0.574 e. The van der Waals surface area contributed by atoms with Crippen LogP contribution in [0.4, 0.5) is 32.0 Å². The number of halogens is 6. The lowest BCUT2D eigenvalue weighted by atomic mass is 10.1. The van der Waals surface area contributed by atoms with E-state index in [1.807, 2.05) is 0 Å². The van der Waals surface area contributed by atoms with Crippen LogP contribution in [0.1, 0.15) is 11.3 Å². The Kier molecular flexibility index (Phi) is 3.60. The fourth-order valence-corrected chi connectivity index (χ4v) is 1.14. The quantitative estimate of drug-likeness (QED) is 0.810. The fourth-order valence-electron chi connectivity index (χ4n) is 1.14. The molecule has 1 aromatic heterocycles. The highest BCUT2D eigenvalue weighted by Gasteiger charge is 2.37. The summed E-state index contributed by atoms with van der Waals surface area (Å²) in [6.07, 6.45) is -10.1. The van der Waals surface area contributed by atoms with Gasteiger partial charge in [-0.25, -0.2) is 4.98 Å². The highest BCUT2D eigenvalue weighted by Crippen LogP contribution is 2.37. The van der Waals surface area contributed by atoms with Crippen LogP contribution in [0, 0.1) is 0 Å². The van der Waals surface area contributed by atoms with E-state index in [1.165, 1.54) is 0 Å². The van der Waals surface area contributed by atoms with E-state index in [0.29, 0.717) is 0 Å². The fraction of sp³-hybridized carbons (Fsp3) is 0.375. The van der Waals surface area contributed by atoms with Gasteiger partial charge >= 0.3 is 12.5 Å². The zero-order chi connectivity index (χ0) is 14.1. The highest BCUT2D eigenvalue weighted by molar-refractivity contribution is 5.54. The SMILES string of the molecule is NCc1nc(OC(F)(F)F)cc(C(F)(F)F)c1N. The third kappa shape index (κ3) is 3.39. The molecule has 4 N–H and O–H groups in total. The molecule has 0 atom stereocenters. The summed E-state index contributed by atoms with van der Waals surface area (Å²) in [6.45, 7) is -0.552. The minimum Gasteiger partial charge on any atom is -0.397 e. The number of ether oxygens (including phenoxy) is 1. The summed E-state index contributed by atoms with van der Waals surface area (Å²) in [5.74, 6) is -1.26. The normalized spacial score (nSPS) is 12.6. The Morgan fingerprint density at radius 2 is 1.72 bits per heavy atom. The number of pyridine rings is 1. The molecule has 0 saturated heterocycles. The van der Waals surface area contributed by atoms with Crippen LogP contribution >= 0.6 is 0 Å². The minimum absolute atomic E-state index is 0.0714. The molecule has 10 heteroatoms. The first kappa shape index (κ1) is 14.4. The van der Waals surface area contributed by atoms with Crippen molar-refractivity contribution >= 4 is 5.69 Å². The topological polar surface area (TPSA) is 74.2 Å². The Morgan fingerprint density at radius 3 is 2.11 bits per heavy atom. The molecule has 0 fully saturated rings. The van der Waals surface area contributed by atoms with Crippen molar-refractivity contribution in [1.82, 2.24) is 4.98 Å². The summed E-state index contributed by atoms with van der Waals surface area (Å²) in [6, 6.07) is 0.0714. The first-order chi connectivity index (χ1) is 8.04. The Bertz CT molecular complexity index is 442. The molecule has 0 aromatic carbocycles. The zero-order valence-corrected chi connectivity index (χ0v) is 8.56. The molecule has 102 valence electrons. The first-order valence-electron chi connectivity index (χ1n) is 4.37. The minimum atomic E-state index is -5.15. The molecule has 4 nitrogen and oxygen atoms in total. The number of nitrogens with two attached hydrogens (primary N) is 2. The summed E-state index contributed by atoms with van der Waals surface area (Å²) in [4.78, 5) is 3.16. The van der Waals surface area contributed by atoms with E-state index in [2.05, 4.69) is 9.72 Å². The van der Waals surface area contributed by atoms with Gasteiger partial charge in [0.25, 0.3) is 0 Å². The van der Waals surface area contributed by atoms with Crippen LogP contribution in [0.2, 0.25) is 0 Å². The summed E-state index contributed by atoms with van der Waals surface area (Å²) in [7, 11) is 0. The average molecular weight is 275 g/mol. The van der Waals surface area contributed by atoms with Gasteiger partial charge in [-0.15, -0.1) is 13.2 Å². The molecule has 0 saturated carbocycles. The van der Waals surface area contributed by atoms with Crippen molar-refractivity contribution in [3.05, 3.63) is 17.3 Å². The van der Waals surface area contributed by atoms with E-state index in [0.717, 1.165) is 0 Å². The van der Waals surface area contributed by atoms with Gasteiger partial charge in [0, 0.05) is 12.6 Å². The van der Waals surface area contributed by atoms with Crippen molar-refractivity contribution in [1.29, 1.82) is 0 Å². The van der Waals surface area contributed by atoms with Crippen molar-refractivity contribution in [2.75, 3.05) is 5.73 Å². The molecule has 0 aliphatic heterocycles. The standard InChI is InChI=1S/C8H7F6N3O/c9-7(10,11)3-1-5(18-8(12,13)14)17-4(2-15)6(3)16/h1H,2,15-16H2. The first-order valence-corrected chi connectivity index (χ1v) is 4.37. The molecular formula is C8H7F6N3O. The number of hydrogen-bond acceptors (Lipinski definition) is 4. The largest absolute Gasteiger partial charge is 0.574 e. The Labute approximate surface area is 96.5 Å². The van der Waals surface area contributed by atoms with Crippen molar-refractivity contribution in [2.24, 2.45) is 5.73 Å². The third-order valence-electron chi connectivity index (χ3n) is 1.83. The lowest BCUT2D eigenvalue weighted by molar-refractivity contribution is -0.276. The second-order valence-electron chi connectivity index (χ2n) is 3.12. The second kappa shape index (κ2) is 4.52. The van der Waals surface area contributed by atoms with Crippen LogP contribution < -0.4 is 16.2 Å². The van der Waals surface area contributed by atoms with E-state index in [9.17, 15) is 26.3 Å². The number of aromatic nitrogens is 1. The maximum atomic E-state index is 12.5. The Hall–Kier alpha value is -1.71. The molecule has 0 amide bonds. The van der Waals surface area contributed by atoms with Crippen molar-refractivity contribution in [2.45, 2.75) is 19.1 Å². The summed E-state index contributed by atoms with van der Waals surface area (Å²) in [5, 5.41) is 0. The number of anilines is 1. The van der Waals surface area contributed by atoms with Gasteiger partial charge in [0.15, 0.2) is 0 Å². The van der Waals surface area contributed by atoms with E-state index < -0.39 is 41.9 Å². The van der Waals surface area contributed by atoms with Crippen LogP contribution in [0.25, 0.3) is 0 Å². The van der Waals surface area contributed by atoms with Crippen molar-refractivity contribution in [3.63, 3.8) is 0 Å². The van der Waals surface area contributed by atoms with Crippen LogP contribution in [0.15, 0.2) is 6.07 Å². The van der Waals surface area contributed by atoms with Gasteiger partial charge < -0.3 is 16.2 Å². The highest BCUT2D eigenvalue weighted by atomic mass is 19.4. The lowest BCUT2D eigenvalue weighted by Gasteiger charge is -2.15. The number of nitrogen functional groups attached to an aromatic ring is 1. The monoisotopic (exact) mass is 275 g/mol. The van der Waals surface area contributed by atoms with E-state index in [-0.39, 0.29) is 6.07 Å². The van der Waals surface area contributed by atoms with Gasteiger partial charge in [0.1, 0.15) is 0 Å². The number of alkyl halides is 6. The predicted molar refractivity (Wildman–Crippen MR) is 48.2 cm³/mol. The van der Waals surface area contributed by atoms with Crippen LogP contribution in [-0.4, -0.2) is 11.3 Å². The Balaban J connectivity index is 3.31. The molecule has 0 spiro atoms. The molecular weight excluding hydrogens is 268 g/mol. The van der Waals surface area contributed by atoms with Crippen molar-refractivity contribution < 1.29 is 31.1 Å². The summed E-state index contributed by atoms with van der Waals surface area (Å²) < 4.78 is 76.5. The molecule has 1 heterocycles. The van der Waals surface area contributed by atoms with Crippen molar-refractivity contribution in [3.8, 4) is 5.88 Å². The number of hydrogen-bond donors (Lipinski definition) is 2. The number of rotatable bonds is 2. The van der Waals surface area contributed by atoms with E-state index >= 15 is 0 Å². The van der Waals surface area contributed by atoms with Crippen LogP contribution in [-0.2, 0) is 12.7 Å². The smallest absolute Gasteiger partial charge is 0.397 e. The predicted octanol–water partition coefficient (Wildman–Crippen LogP) is 2.04. The number of nitrogens with zero attached hydrogens (tertiary/aromatic N) is 1. The zero-order valence-electron chi connectivity index (χ0n) is 8.56. The molecule has 0 aliphatic rings. The van der Waals surface area contributed by atoms with Gasteiger partial charge in [-0.2, -0.15) is 13.2 Å². The maximum absolute atomic E-state index is 12.5. The van der Waals surface area contributed by atoms with E-state index in [1.54, 1.807) is 0 Å². The molecule has 0 aliphatic carbocycles.